The molecule has 27 heavy (non-hydrogen) atoms. The van der Waals surface area contributed by atoms with Crippen molar-refractivity contribution in [1.29, 1.82) is 0 Å². The molecule has 0 saturated carbocycles. The van der Waals surface area contributed by atoms with E-state index in [4.69, 9.17) is 9.47 Å². The first kappa shape index (κ1) is 16.6. The first-order valence-electron chi connectivity index (χ1n) is 9.28. The lowest BCUT2D eigenvalue weighted by Crippen LogP contribution is -2.65. The zero-order chi connectivity index (χ0) is 18.3. The highest BCUT2D eigenvalue weighted by molar-refractivity contribution is 5.48. The van der Waals surface area contributed by atoms with Crippen LogP contribution in [0.15, 0.2) is 36.7 Å². The van der Waals surface area contributed by atoms with Crippen LogP contribution in [0, 0.1) is 12.8 Å². The van der Waals surface area contributed by atoms with Crippen LogP contribution >= 0.6 is 0 Å². The lowest BCUT2D eigenvalue weighted by molar-refractivity contribution is -0.0657. The molecule has 1 atom stereocenters. The molecule has 5 rings (SSSR count). The number of nitrogens with zero attached hydrogens (tertiary/aromatic N) is 6. The Hall–Kier alpha value is -2.58. The molecule has 2 saturated heterocycles. The average Bonchev–Trinajstić information content (AvgIpc) is 3.26. The van der Waals surface area contributed by atoms with Gasteiger partial charge in [0, 0.05) is 18.2 Å². The smallest absolute Gasteiger partial charge is 0.177 e. The van der Waals surface area contributed by atoms with Gasteiger partial charge < -0.3 is 14.4 Å². The van der Waals surface area contributed by atoms with Crippen LogP contribution in [0.25, 0.3) is 5.65 Å². The number of anilines is 1. The lowest BCUT2D eigenvalue weighted by Gasteiger charge is -2.50. The maximum Gasteiger partial charge on any atom is 0.177 e. The third-order valence-corrected chi connectivity index (χ3v) is 5.50. The minimum Gasteiger partial charge on any atom is -0.375 e. The second-order valence-corrected chi connectivity index (χ2v) is 7.37. The van der Waals surface area contributed by atoms with Gasteiger partial charge in [-0.05, 0) is 37.6 Å². The van der Waals surface area contributed by atoms with Crippen molar-refractivity contribution in [3.05, 3.63) is 48.0 Å². The number of hydrogen-bond donors (Lipinski definition) is 0. The van der Waals surface area contributed by atoms with Gasteiger partial charge in [-0.3, -0.25) is 4.98 Å². The van der Waals surface area contributed by atoms with Crippen LogP contribution in [-0.2, 0) is 16.1 Å². The van der Waals surface area contributed by atoms with E-state index < -0.39 is 0 Å². The van der Waals surface area contributed by atoms with E-state index >= 15 is 0 Å². The third-order valence-electron chi connectivity index (χ3n) is 5.50. The van der Waals surface area contributed by atoms with E-state index in [-0.39, 0.29) is 5.60 Å². The highest BCUT2D eigenvalue weighted by Gasteiger charge is 2.53. The van der Waals surface area contributed by atoms with Gasteiger partial charge in [-0.2, -0.15) is 4.52 Å². The molecule has 0 amide bonds. The Morgan fingerprint density at radius 1 is 1.26 bits per heavy atom. The fraction of sp³-hybridized carbons (Fsp3) is 0.474. The Balaban J connectivity index is 1.20. The number of ether oxygens (including phenoxy) is 2. The van der Waals surface area contributed by atoms with Crippen molar-refractivity contribution in [2.45, 2.75) is 25.6 Å². The molecule has 0 unspecified atom stereocenters. The van der Waals surface area contributed by atoms with Gasteiger partial charge in [0.25, 0.3) is 0 Å². The second-order valence-electron chi connectivity index (χ2n) is 7.37. The Kier molecular flexibility index (Phi) is 4.02. The summed E-state index contributed by atoms with van der Waals surface area (Å²) in [6, 6.07) is 9.94. The molecule has 0 radical (unpaired) electrons. The maximum atomic E-state index is 6.14. The quantitative estimate of drug-likeness (QED) is 0.679. The topological polar surface area (TPSA) is 77.7 Å². The Labute approximate surface area is 157 Å². The summed E-state index contributed by atoms with van der Waals surface area (Å²) in [4.78, 5) is 6.73. The molecule has 2 aliphatic rings. The third kappa shape index (κ3) is 3.04. The summed E-state index contributed by atoms with van der Waals surface area (Å²) in [5.41, 5.74) is 2.62. The summed E-state index contributed by atoms with van der Waals surface area (Å²) in [6.07, 6.45) is 2.66. The monoisotopic (exact) mass is 366 g/mol. The Morgan fingerprint density at radius 3 is 3.07 bits per heavy atom. The van der Waals surface area contributed by atoms with Gasteiger partial charge in [0.2, 0.25) is 0 Å². The normalized spacial score (nSPS) is 21.1. The zero-order valence-corrected chi connectivity index (χ0v) is 15.3. The molecule has 3 aromatic heterocycles. The minimum atomic E-state index is -0.121. The number of aryl methyl sites for hydroxylation is 1. The summed E-state index contributed by atoms with van der Waals surface area (Å²) in [5.74, 6) is 1.32. The highest BCUT2D eigenvalue weighted by atomic mass is 16.5. The minimum absolute atomic E-state index is 0.121. The first-order chi connectivity index (χ1) is 13.2. The summed E-state index contributed by atoms with van der Waals surface area (Å²) in [6.45, 7) is 5.71. The van der Waals surface area contributed by atoms with Crippen LogP contribution in [0.4, 0.5) is 5.82 Å². The number of hydrogen-bond acceptors (Lipinski definition) is 7. The molecule has 0 N–H and O–H groups in total. The summed E-state index contributed by atoms with van der Waals surface area (Å²) < 4.78 is 13.8. The van der Waals surface area contributed by atoms with E-state index in [0.29, 0.717) is 19.1 Å². The molecule has 0 aliphatic carbocycles. The van der Waals surface area contributed by atoms with Crippen LogP contribution in [-0.4, -0.2) is 56.7 Å². The largest absolute Gasteiger partial charge is 0.375 e. The Bertz CT molecular complexity index is 952. The number of fused-ring (bicyclic) bond motifs is 1. The molecule has 3 aromatic rings. The lowest BCUT2D eigenvalue weighted by atomic mass is 9.81. The van der Waals surface area contributed by atoms with Crippen molar-refractivity contribution in [3.8, 4) is 0 Å². The SMILES string of the molecule is Cc1cccc(COC[C@H]2CCOC23CN(c2ccc4nncn4n2)C3)n1. The molecule has 1 spiro atoms. The first-order valence-corrected chi connectivity index (χ1v) is 9.28. The average molecular weight is 366 g/mol. The van der Waals surface area contributed by atoms with Crippen LogP contribution in [0.2, 0.25) is 0 Å². The van der Waals surface area contributed by atoms with E-state index in [9.17, 15) is 0 Å². The fourth-order valence-corrected chi connectivity index (χ4v) is 4.00. The summed E-state index contributed by atoms with van der Waals surface area (Å²) in [5, 5.41) is 12.4. The van der Waals surface area contributed by atoms with Crippen LogP contribution in [0.1, 0.15) is 17.8 Å². The predicted molar refractivity (Wildman–Crippen MR) is 98.4 cm³/mol. The highest BCUT2D eigenvalue weighted by Crippen LogP contribution is 2.41. The van der Waals surface area contributed by atoms with E-state index in [1.54, 1.807) is 10.8 Å². The molecular formula is C19H22N6O2. The Morgan fingerprint density at radius 2 is 2.19 bits per heavy atom. The summed E-state index contributed by atoms with van der Waals surface area (Å²) >= 11 is 0. The molecular weight excluding hydrogens is 344 g/mol. The number of rotatable bonds is 5. The van der Waals surface area contributed by atoms with E-state index in [2.05, 4.69) is 25.2 Å². The maximum absolute atomic E-state index is 6.14. The van der Waals surface area contributed by atoms with Gasteiger partial charge in [0.05, 0.1) is 32.0 Å². The van der Waals surface area contributed by atoms with E-state index in [0.717, 1.165) is 49.0 Å². The van der Waals surface area contributed by atoms with Crippen molar-refractivity contribution in [1.82, 2.24) is 24.8 Å². The van der Waals surface area contributed by atoms with Crippen molar-refractivity contribution >= 4 is 11.5 Å². The zero-order valence-electron chi connectivity index (χ0n) is 15.3. The molecule has 0 bridgehead atoms. The van der Waals surface area contributed by atoms with Gasteiger partial charge in [-0.15, -0.1) is 15.3 Å². The molecule has 2 fully saturated rings. The molecule has 140 valence electrons. The molecule has 5 heterocycles. The number of pyridine rings is 1. The molecule has 8 nitrogen and oxygen atoms in total. The molecule has 0 aromatic carbocycles. The number of aromatic nitrogens is 5. The van der Waals surface area contributed by atoms with Crippen LogP contribution in [0.5, 0.6) is 0 Å². The van der Waals surface area contributed by atoms with Gasteiger partial charge in [-0.25, -0.2) is 0 Å². The fourth-order valence-electron chi connectivity index (χ4n) is 4.00. The van der Waals surface area contributed by atoms with Crippen LogP contribution < -0.4 is 4.90 Å². The van der Waals surface area contributed by atoms with Gasteiger partial charge in [0.15, 0.2) is 5.65 Å². The van der Waals surface area contributed by atoms with Crippen molar-refractivity contribution in [2.24, 2.45) is 5.92 Å². The van der Waals surface area contributed by atoms with E-state index in [1.165, 1.54) is 0 Å². The van der Waals surface area contributed by atoms with Crippen molar-refractivity contribution < 1.29 is 9.47 Å². The van der Waals surface area contributed by atoms with Gasteiger partial charge in [-0.1, -0.05) is 6.07 Å². The molecule has 2 aliphatic heterocycles. The van der Waals surface area contributed by atoms with Crippen molar-refractivity contribution in [2.75, 3.05) is 31.2 Å². The van der Waals surface area contributed by atoms with Crippen molar-refractivity contribution in [3.63, 3.8) is 0 Å². The summed E-state index contributed by atoms with van der Waals surface area (Å²) in [7, 11) is 0. The van der Waals surface area contributed by atoms with Gasteiger partial charge >= 0.3 is 0 Å². The van der Waals surface area contributed by atoms with E-state index in [1.807, 2.05) is 37.3 Å². The molecule has 8 heteroatoms. The standard InChI is InChI=1S/C19H22N6O2/c1-14-3-2-4-16(21-14)10-26-9-15-7-8-27-19(15)11-24(12-19)18-6-5-17-22-20-13-25(17)23-18/h2-6,13,15H,7-12H2,1H3/t15-/m1/s1. The second kappa shape index (κ2) is 6.54. The van der Waals surface area contributed by atoms with Crippen LogP contribution in [0.3, 0.4) is 0 Å². The van der Waals surface area contributed by atoms with Gasteiger partial charge in [0.1, 0.15) is 17.7 Å². The predicted octanol–water partition coefficient (Wildman–Crippen LogP) is 1.64.